The molecule has 154 valence electrons. The van der Waals surface area contributed by atoms with Gasteiger partial charge in [0.25, 0.3) is 0 Å². The Morgan fingerprint density at radius 2 is 1.87 bits per heavy atom. The fraction of sp³-hybridized carbons (Fsp3) is 0.227. The lowest BCUT2D eigenvalue weighted by Crippen LogP contribution is -2.07. The quantitative estimate of drug-likeness (QED) is 0.299. The van der Waals surface area contributed by atoms with Gasteiger partial charge >= 0.3 is 0 Å². The average Bonchev–Trinajstić information content (AvgIpc) is 2.76. The van der Waals surface area contributed by atoms with Crippen LogP contribution in [0.15, 0.2) is 30.5 Å². The minimum atomic E-state index is -0.213. The number of hydrogen-bond acceptors (Lipinski definition) is 6. The number of hydrogen-bond donors (Lipinski definition) is 1. The summed E-state index contributed by atoms with van der Waals surface area (Å²) < 4.78 is 10.7. The van der Waals surface area contributed by atoms with Gasteiger partial charge in [-0.25, -0.2) is 9.97 Å². The highest BCUT2D eigenvalue weighted by atomic mass is 35.5. The molecule has 0 saturated heterocycles. The Bertz CT molecular complexity index is 1110. The van der Waals surface area contributed by atoms with Crippen molar-refractivity contribution in [2.45, 2.75) is 12.8 Å². The van der Waals surface area contributed by atoms with E-state index in [4.69, 9.17) is 39.1 Å². The van der Waals surface area contributed by atoms with Crippen LogP contribution in [0.25, 0.3) is 22.0 Å². The number of fused-ring (bicyclic) bond motifs is 1. The molecule has 0 bridgehead atoms. The van der Waals surface area contributed by atoms with Gasteiger partial charge < -0.3 is 14.8 Å². The highest BCUT2D eigenvalue weighted by molar-refractivity contribution is 6.41. The molecular formula is C22H19Cl2N3O3. The number of ketones is 1. The van der Waals surface area contributed by atoms with E-state index in [1.807, 2.05) is 18.2 Å². The molecule has 30 heavy (non-hydrogen) atoms. The molecule has 3 aromatic rings. The summed E-state index contributed by atoms with van der Waals surface area (Å²) >= 11 is 13.0. The van der Waals surface area contributed by atoms with E-state index in [0.717, 1.165) is 16.5 Å². The number of ether oxygens (including phenoxy) is 2. The van der Waals surface area contributed by atoms with E-state index < -0.39 is 0 Å². The van der Waals surface area contributed by atoms with E-state index in [2.05, 4.69) is 21.2 Å². The van der Waals surface area contributed by atoms with Crippen molar-refractivity contribution in [1.82, 2.24) is 9.97 Å². The maximum atomic E-state index is 11.1. The molecule has 0 aliphatic carbocycles. The first-order valence-electron chi connectivity index (χ1n) is 9.09. The van der Waals surface area contributed by atoms with Gasteiger partial charge in [-0.15, -0.1) is 6.42 Å². The molecule has 2 aromatic carbocycles. The van der Waals surface area contributed by atoms with Gasteiger partial charge in [-0.05, 0) is 30.0 Å². The number of aromatic nitrogens is 2. The molecule has 3 rings (SSSR count). The number of carbonyl (C=O) groups excluding carboxylic acids is 1. The van der Waals surface area contributed by atoms with Crippen molar-refractivity contribution in [3.05, 3.63) is 40.5 Å². The fourth-order valence-electron chi connectivity index (χ4n) is 2.93. The summed E-state index contributed by atoms with van der Waals surface area (Å²) in [5.41, 5.74) is 2.14. The van der Waals surface area contributed by atoms with E-state index >= 15 is 0 Å². The average molecular weight is 444 g/mol. The lowest BCUT2D eigenvalue weighted by Gasteiger charge is -2.15. The minimum absolute atomic E-state index is 0.213. The zero-order valence-corrected chi connectivity index (χ0v) is 18.0. The van der Waals surface area contributed by atoms with E-state index in [1.165, 1.54) is 14.2 Å². The maximum absolute atomic E-state index is 11.1. The Labute approximate surface area is 184 Å². The number of benzene rings is 2. The Hall–Kier alpha value is -3.01. The first kappa shape index (κ1) is 21.7. The second-order valence-corrected chi connectivity index (χ2v) is 7.11. The molecule has 0 amide bonds. The summed E-state index contributed by atoms with van der Waals surface area (Å²) in [6, 6.07) is 7.28. The van der Waals surface area contributed by atoms with Gasteiger partial charge in [-0.2, -0.15) is 0 Å². The summed E-state index contributed by atoms with van der Waals surface area (Å²) in [5.74, 6) is 3.29. The predicted octanol–water partition coefficient (Wildman–Crippen LogP) is 5.02. The molecule has 0 spiro atoms. The van der Waals surface area contributed by atoms with Crippen LogP contribution in [0.1, 0.15) is 12.8 Å². The van der Waals surface area contributed by atoms with Crippen LogP contribution >= 0.6 is 23.2 Å². The largest absolute Gasteiger partial charge is 0.495 e. The summed E-state index contributed by atoms with van der Waals surface area (Å²) in [7, 11) is 3.06. The van der Waals surface area contributed by atoms with Crippen molar-refractivity contribution >= 4 is 45.8 Å². The van der Waals surface area contributed by atoms with E-state index in [-0.39, 0.29) is 5.78 Å². The van der Waals surface area contributed by atoms with Gasteiger partial charge in [0.05, 0.1) is 29.8 Å². The zero-order chi connectivity index (χ0) is 21.7. The van der Waals surface area contributed by atoms with Crippen molar-refractivity contribution in [2.24, 2.45) is 0 Å². The summed E-state index contributed by atoms with van der Waals surface area (Å²) in [6.45, 7) is 0.547. The van der Waals surface area contributed by atoms with Crippen molar-refractivity contribution in [1.29, 1.82) is 0 Å². The number of nitrogens with one attached hydrogen (secondary N) is 1. The van der Waals surface area contributed by atoms with Crippen LogP contribution in [0.2, 0.25) is 10.0 Å². The topological polar surface area (TPSA) is 73.3 Å². The van der Waals surface area contributed by atoms with Crippen LogP contribution in [0.3, 0.4) is 0 Å². The van der Waals surface area contributed by atoms with Crippen molar-refractivity contribution < 1.29 is 14.3 Å². The van der Waals surface area contributed by atoms with Gasteiger partial charge in [0.2, 0.25) is 11.7 Å². The number of Topliss-reactive ketones (excluding diaryl/α,β-unsaturated/α-hetero) is 1. The van der Waals surface area contributed by atoms with Crippen LogP contribution < -0.4 is 14.8 Å². The Morgan fingerprint density at radius 3 is 2.50 bits per heavy atom. The van der Waals surface area contributed by atoms with Gasteiger partial charge in [0, 0.05) is 36.2 Å². The van der Waals surface area contributed by atoms with Crippen LogP contribution in [0, 0.1) is 12.3 Å². The molecule has 1 aromatic heterocycles. The van der Waals surface area contributed by atoms with Gasteiger partial charge in [-0.1, -0.05) is 29.3 Å². The lowest BCUT2D eigenvalue weighted by molar-refractivity contribution is -0.113. The molecule has 0 aliphatic rings. The van der Waals surface area contributed by atoms with Crippen LogP contribution in [0.4, 0.5) is 5.95 Å². The second-order valence-electron chi connectivity index (χ2n) is 6.35. The summed E-state index contributed by atoms with van der Waals surface area (Å²) in [5, 5.41) is 4.69. The molecule has 0 saturated carbocycles. The van der Waals surface area contributed by atoms with Gasteiger partial charge in [0.1, 0.15) is 11.5 Å². The molecule has 0 aliphatic heterocycles. The standard InChI is InChI=1S/C22H19Cl2N3O3/c1-4-15(28)6-5-9-25-22-26-12-14-10-13(7-8-16(14)27-22)19-20(23)17(29-2)11-18(30-3)21(19)24/h1,7-8,10-12H,5-6,9H2,2-3H3,(H,25,26,27). The molecular weight excluding hydrogens is 425 g/mol. The Balaban J connectivity index is 1.88. The van der Waals surface area contributed by atoms with Crippen molar-refractivity contribution in [2.75, 3.05) is 26.1 Å². The summed E-state index contributed by atoms with van der Waals surface area (Å²) in [6.07, 6.45) is 7.70. The highest BCUT2D eigenvalue weighted by Gasteiger charge is 2.19. The van der Waals surface area contributed by atoms with E-state index in [9.17, 15) is 4.79 Å². The maximum Gasteiger partial charge on any atom is 0.223 e. The molecule has 0 unspecified atom stereocenters. The number of carbonyl (C=O) groups is 1. The number of halogens is 2. The number of terminal acetylenes is 1. The molecule has 0 atom stereocenters. The first-order chi connectivity index (χ1) is 14.5. The smallest absolute Gasteiger partial charge is 0.223 e. The minimum Gasteiger partial charge on any atom is -0.495 e. The lowest BCUT2D eigenvalue weighted by atomic mass is 10.0. The van der Waals surface area contributed by atoms with Crippen molar-refractivity contribution in [3.8, 4) is 35.0 Å². The predicted molar refractivity (Wildman–Crippen MR) is 120 cm³/mol. The summed E-state index contributed by atoms with van der Waals surface area (Å²) in [4.78, 5) is 20.0. The first-order valence-corrected chi connectivity index (χ1v) is 9.84. The normalized spacial score (nSPS) is 10.5. The van der Waals surface area contributed by atoms with Crippen LogP contribution in [-0.2, 0) is 4.79 Å². The third-order valence-electron chi connectivity index (χ3n) is 4.47. The van der Waals surface area contributed by atoms with E-state index in [1.54, 1.807) is 12.3 Å². The second kappa shape index (κ2) is 9.66. The monoisotopic (exact) mass is 443 g/mol. The number of nitrogens with zero attached hydrogens (tertiary/aromatic N) is 2. The number of rotatable bonds is 8. The van der Waals surface area contributed by atoms with Gasteiger partial charge in [0.15, 0.2) is 0 Å². The SMILES string of the molecule is C#CC(=O)CCCNc1ncc2cc(-c3c(Cl)c(OC)cc(OC)c3Cl)ccc2n1. The molecule has 0 radical (unpaired) electrons. The molecule has 0 fully saturated rings. The van der Waals surface area contributed by atoms with Crippen LogP contribution in [0.5, 0.6) is 11.5 Å². The molecule has 6 nitrogen and oxygen atoms in total. The van der Waals surface area contributed by atoms with Gasteiger partial charge in [-0.3, -0.25) is 4.79 Å². The third-order valence-corrected chi connectivity index (χ3v) is 5.22. The van der Waals surface area contributed by atoms with Crippen LogP contribution in [-0.4, -0.2) is 36.5 Å². The number of methoxy groups -OCH3 is 2. The molecule has 1 heterocycles. The Kier molecular flexibility index (Phi) is 6.99. The third kappa shape index (κ3) is 4.59. The van der Waals surface area contributed by atoms with Crippen molar-refractivity contribution in [3.63, 3.8) is 0 Å². The highest BCUT2D eigenvalue weighted by Crippen LogP contribution is 2.46. The number of anilines is 1. The molecule has 8 heteroatoms. The zero-order valence-electron chi connectivity index (χ0n) is 16.5. The molecule has 1 N–H and O–H groups in total. The Morgan fingerprint density at radius 1 is 1.17 bits per heavy atom. The van der Waals surface area contributed by atoms with E-state index in [0.29, 0.717) is 52.4 Å². The fourth-order valence-corrected chi connectivity index (χ4v) is 3.65.